The van der Waals surface area contributed by atoms with Gasteiger partial charge >= 0.3 is 0 Å². The number of nitrogens with one attached hydrogen (secondary N) is 1. The lowest BCUT2D eigenvalue weighted by Crippen LogP contribution is -2.36. The van der Waals surface area contributed by atoms with Crippen LogP contribution in [-0.4, -0.2) is 52.0 Å². The number of benzene rings is 3. The highest BCUT2D eigenvalue weighted by molar-refractivity contribution is 6.37. The molecule has 168 valence electrons. The quantitative estimate of drug-likeness (QED) is 0.485. The third-order valence-electron chi connectivity index (χ3n) is 5.14. The van der Waals surface area contributed by atoms with Crippen LogP contribution in [0.25, 0.3) is 10.8 Å². The standard InChI is InChI=1S/C24H24Cl2N2O4/c25-17-5-7-18(8-6-17)31-12-9-27-23(29)16-32-22-15-21(28-10-13-30-14-11-28)19-3-1-2-4-20(19)24(22)26/h1-8,15H,9-14,16H2,(H,27,29). The number of halogens is 2. The zero-order chi connectivity index (χ0) is 22.3. The predicted octanol–water partition coefficient (Wildman–Crippen LogP) is 4.56. The van der Waals surface area contributed by atoms with E-state index in [1.807, 2.05) is 30.3 Å². The van der Waals surface area contributed by atoms with Gasteiger partial charge in [-0.3, -0.25) is 4.79 Å². The van der Waals surface area contributed by atoms with Gasteiger partial charge in [-0.15, -0.1) is 0 Å². The summed E-state index contributed by atoms with van der Waals surface area (Å²) in [6.45, 7) is 3.49. The van der Waals surface area contributed by atoms with Crippen LogP contribution < -0.4 is 19.7 Å². The molecular weight excluding hydrogens is 451 g/mol. The Bertz CT molecular complexity index is 1070. The van der Waals surface area contributed by atoms with Gasteiger partial charge in [0.1, 0.15) is 18.1 Å². The highest BCUT2D eigenvalue weighted by Crippen LogP contribution is 2.39. The molecule has 1 saturated heterocycles. The molecule has 6 nitrogen and oxygen atoms in total. The van der Waals surface area contributed by atoms with E-state index < -0.39 is 0 Å². The van der Waals surface area contributed by atoms with Gasteiger partial charge in [0.05, 0.1) is 24.8 Å². The Morgan fingerprint density at radius 2 is 1.72 bits per heavy atom. The molecule has 8 heteroatoms. The summed E-state index contributed by atoms with van der Waals surface area (Å²) in [5.41, 5.74) is 1.03. The van der Waals surface area contributed by atoms with Crippen LogP contribution in [0, 0.1) is 0 Å². The minimum Gasteiger partial charge on any atom is -0.492 e. The van der Waals surface area contributed by atoms with E-state index in [0.717, 1.165) is 29.5 Å². The maximum atomic E-state index is 12.3. The summed E-state index contributed by atoms with van der Waals surface area (Å²) in [5, 5.41) is 5.87. The van der Waals surface area contributed by atoms with Crippen molar-refractivity contribution in [1.82, 2.24) is 5.32 Å². The van der Waals surface area contributed by atoms with Gasteiger partial charge in [-0.2, -0.15) is 0 Å². The molecule has 0 atom stereocenters. The smallest absolute Gasteiger partial charge is 0.258 e. The third kappa shape index (κ3) is 5.57. The van der Waals surface area contributed by atoms with Crippen molar-refractivity contribution in [3.63, 3.8) is 0 Å². The Balaban J connectivity index is 1.36. The molecule has 1 amide bonds. The first-order valence-corrected chi connectivity index (χ1v) is 11.2. The van der Waals surface area contributed by atoms with Crippen LogP contribution >= 0.6 is 23.2 Å². The lowest BCUT2D eigenvalue weighted by Gasteiger charge is -2.30. The van der Waals surface area contributed by atoms with Gasteiger partial charge in [0.2, 0.25) is 0 Å². The van der Waals surface area contributed by atoms with Crippen molar-refractivity contribution in [3.8, 4) is 11.5 Å². The van der Waals surface area contributed by atoms with Crippen LogP contribution in [0.2, 0.25) is 10.0 Å². The fraction of sp³-hybridized carbons (Fsp3) is 0.292. The molecule has 1 aliphatic heterocycles. The first kappa shape index (κ1) is 22.5. The van der Waals surface area contributed by atoms with Gasteiger partial charge in [-0.05, 0) is 24.3 Å². The molecule has 1 fully saturated rings. The summed E-state index contributed by atoms with van der Waals surface area (Å²) < 4.78 is 16.9. The summed E-state index contributed by atoms with van der Waals surface area (Å²) in [4.78, 5) is 14.5. The van der Waals surface area contributed by atoms with Crippen LogP contribution in [0.1, 0.15) is 0 Å². The maximum absolute atomic E-state index is 12.3. The Morgan fingerprint density at radius 3 is 2.47 bits per heavy atom. The molecule has 1 heterocycles. The number of ether oxygens (including phenoxy) is 3. The molecule has 1 aliphatic rings. The second-order valence-corrected chi connectivity index (χ2v) is 8.11. The van der Waals surface area contributed by atoms with E-state index in [1.54, 1.807) is 24.3 Å². The van der Waals surface area contributed by atoms with Crippen molar-refractivity contribution >= 4 is 45.6 Å². The Labute approximate surface area is 197 Å². The zero-order valence-corrected chi connectivity index (χ0v) is 19.0. The van der Waals surface area contributed by atoms with Crippen molar-refractivity contribution < 1.29 is 19.0 Å². The second kappa shape index (κ2) is 10.8. The topological polar surface area (TPSA) is 60.0 Å². The summed E-state index contributed by atoms with van der Waals surface area (Å²) in [6.07, 6.45) is 0. The van der Waals surface area contributed by atoms with Crippen molar-refractivity contribution in [2.24, 2.45) is 0 Å². The van der Waals surface area contributed by atoms with Gasteiger partial charge < -0.3 is 24.4 Å². The number of morpholine rings is 1. The largest absolute Gasteiger partial charge is 0.492 e. The highest BCUT2D eigenvalue weighted by Gasteiger charge is 2.18. The molecule has 3 aromatic carbocycles. The molecule has 0 radical (unpaired) electrons. The van der Waals surface area contributed by atoms with Crippen molar-refractivity contribution in [1.29, 1.82) is 0 Å². The van der Waals surface area contributed by atoms with Gasteiger partial charge in [-0.1, -0.05) is 47.5 Å². The lowest BCUT2D eigenvalue weighted by molar-refractivity contribution is -0.123. The maximum Gasteiger partial charge on any atom is 0.258 e. The van der Waals surface area contributed by atoms with Gasteiger partial charge in [0, 0.05) is 40.6 Å². The van der Waals surface area contributed by atoms with Crippen molar-refractivity contribution in [2.45, 2.75) is 0 Å². The van der Waals surface area contributed by atoms with Crippen LogP contribution in [0.4, 0.5) is 5.69 Å². The second-order valence-electron chi connectivity index (χ2n) is 7.29. The van der Waals surface area contributed by atoms with Crippen LogP contribution in [0.3, 0.4) is 0 Å². The summed E-state index contributed by atoms with van der Waals surface area (Å²) >= 11 is 12.5. The Hall–Kier alpha value is -2.67. The van der Waals surface area contributed by atoms with E-state index in [1.165, 1.54) is 0 Å². The average Bonchev–Trinajstić information content (AvgIpc) is 2.83. The number of hydrogen-bond donors (Lipinski definition) is 1. The number of carbonyl (C=O) groups excluding carboxylic acids is 1. The van der Waals surface area contributed by atoms with Crippen LogP contribution in [-0.2, 0) is 9.53 Å². The molecule has 0 bridgehead atoms. The predicted molar refractivity (Wildman–Crippen MR) is 127 cm³/mol. The minimum absolute atomic E-state index is 0.137. The third-order valence-corrected chi connectivity index (χ3v) is 5.78. The molecule has 3 aromatic rings. The average molecular weight is 475 g/mol. The van der Waals surface area contributed by atoms with Gasteiger partial charge in [0.25, 0.3) is 5.91 Å². The molecule has 4 rings (SSSR count). The van der Waals surface area contributed by atoms with Crippen LogP contribution in [0.15, 0.2) is 54.6 Å². The number of nitrogens with zero attached hydrogens (tertiary/aromatic N) is 1. The summed E-state index contributed by atoms with van der Waals surface area (Å²) in [7, 11) is 0. The summed E-state index contributed by atoms with van der Waals surface area (Å²) in [6, 6.07) is 16.9. The Kier molecular flexibility index (Phi) is 7.58. The van der Waals surface area contributed by atoms with Gasteiger partial charge in [0.15, 0.2) is 6.61 Å². The monoisotopic (exact) mass is 474 g/mol. The minimum atomic E-state index is -0.248. The normalized spacial score (nSPS) is 13.8. The van der Waals surface area contributed by atoms with E-state index >= 15 is 0 Å². The SMILES string of the molecule is O=C(COc1cc(N2CCOCC2)c2ccccc2c1Cl)NCCOc1ccc(Cl)cc1. The van der Waals surface area contributed by atoms with Gasteiger partial charge in [-0.25, -0.2) is 0 Å². The number of carbonyl (C=O) groups is 1. The first-order valence-electron chi connectivity index (χ1n) is 10.4. The van der Waals surface area contributed by atoms with E-state index in [9.17, 15) is 4.79 Å². The number of rotatable bonds is 8. The van der Waals surface area contributed by atoms with Crippen molar-refractivity contribution in [2.75, 3.05) is 51.0 Å². The highest BCUT2D eigenvalue weighted by atomic mass is 35.5. The fourth-order valence-electron chi connectivity index (χ4n) is 3.55. The molecule has 0 unspecified atom stereocenters. The molecule has 0 saturated carbocycles. The van der Waals surface area contributed by atoms with Crippen molar-refractivity contribution in [3.05, 3.63) is 64.6 Å². The van der Waals surface area contributed by atoms with E-state index in [4.69, 9.17) is 37.4 Å². The molecule has 1 N–H and O–H groups in total. The molecular formula is C24H24Cl2N2O4. The molecule has 0 spiro atoms. The Morgan fingerprint density at radius 1 is 1.00 bits per heavy atom. The number of fused-ring (bicyclic) bond motifs is 1. The van der Waals surface area contributed by atoms with Crippen LogP contribution in [0.5, 0.6) is 11.5 Å². The van der Waals surface area contributed by atoms with E-state index in [0.29, 0.717) is 47.9 Å². The number of anilines is 1. The lowest BCUT2D eigenvalue weighted by atomic mass is 10.1. The zero-order valence-electron chi connectivity index (χ0n) is 17.5. The molecule has 0 aromatic heterocycles. The first-order chi connectivity index (χ1) is 15.6. The number of hydrogen-bond acceptors (Lipinski definition) is 5. The van der Waals surface area contributed by atoms with E-state index in [2.05, 4.69) is 10.2 Å². The fourth-order valence-corrected chi connectivity index (χ4v) is 3.95. The molecule has 32 heavy (non-hydrogen) atoms. The van der Waals surface area contributed by atoms with E-state index in [-0.39, 0.29) is 12.5 Å². The summed E-state index contributed by atoms with van der Waals surface area (Å²) in [5.74, 6) is 0.930. The molecule has 0 aliphatic carbocycles. The number of amides is 1.